The Morgan fingerprint density at radius 3 is 2.88 bits per heavy atom. The summed E-state index contributed by atoms with van der Waals surface area (Å²) in [7, 11) is 1.51. The summed E-state index contributed by atoms with van der Waals surface area (Å²) >= 11 is 0. The van der Waals surface area contributed by atoms with Crippen molar-refractivity contribution in [3.63, 3.8) is 0 Å². The number of piperidine rings is 1. The zero-order chi connectivity index (χ0) is 11.5. The van der Waals surface area contributed by atoms with E-state index in [1.165, 1.54) is 13.2 Å². The first-order chi connectivity index (χ1) is 7.74. The molecule has 0 spiro atoms. The molecule has 1 aromatic rings. The molecule has 0 amide bonds. The molecule has 0 bridgehead atoms. The molecule has 0 saturated carbocycles. The maximum absolute atomic E-state index is 13.9. The highest BCUT2D eigenvalue weighted by Crippen LogP contribution is 2.36. The van der Waals surface area contributed by atoms with E-state index in [4.69, 9.17) is 4.74 Å². The summed E-state index contributed by atoms with van der Waals surface area (Å²) in [4.78, 5) is 0. The average Bonchev–Trinajstić information content (AvgIpc) is 2.33. The molecule has 4 heteroatoms. The fourth-order valence-corrected chi connectivity index (χ4v) is 2.16. The van der Waals surface area contributed by atoms with Crippen LogP contribution in [0.1, 0.15) is 30.9 Å². The normalized spacial score (nSPS) is 20.8. The van der Waals surface area contributed by atoms with Crippen molar-refractivity contribution in [1.29, 1.82) is 0 Å². The van der Waals surface area contributed by atoms with Gasteiger partial charge in [0.15, 0.2) is 11.6 Å². The Kier molecular flexibility index (Phi) is 3.29. The van der Waals surface area contributed by atoms with Crippen LogP contribution < -0.4 is 10.1 Å². The number of aromatic hydroxyl groups is 1. The lowest BCUT2D eigenvalue weighted by molar-refractivity contribution is 0.351. The summed E-state index contributed by atoms with van der Waals surface area (Å²) in [6.07, 6.45) is 3.05. The highest BCUT2D eigenvalue weighted by atomic mass is 19.1. The Balaban J connectivity index is 2.39. The summed E-state index contributed by atoms with van der Waals surface area (Å²) in [6, 6.07) is 2.86. The van der Waals surface area contributed by atoms with Gasteiger partial charge in [-0.1, -0.05) is 6.42 Å². The van der Waals surface area contributed by atoms with Crippen LogP contribution in [0.2, 0.25) is 0 Å². The van der Waals surface area contributed by atoms with Gasteiger partial charge in [0.25, 0.3) is 0 Å². The Hall–Kier alpha value is -1.29. The van der Waals surface area contributed by atoms with E-state index in [0.717, 1.165) is 25.8 Å². The molecule has 1 heterocycles. The maximum atomic E-state index is 13.9. The number of hydrogen-bond acceptors (Lipinski definition) is 3. The second-order valence-electron chi connectivity index (χ2n) is 4.02. The van der Waals surface area contributed by atoms with Gasteiger partial charge in [-0.15, -0.1) is 0 Å². The summed E-state index contributed by atoms with van der Waals surface area (Å²) in [6.45, 7) is 0.878. The molecule has 1 fully saturated rings. The predicted molar refractivity (Wildman–Crippen MR) is 59.2 cm³/mol. The molecule has 16 heavy (non-hydrogen) atoms. The van der Waals surface area contributed by atoms with Crippen molar-refractivity contribution >= 4 is 0 Å². The molecule has 1 aliphatic heterocycles. The first kappa shape index (κ1) is 11.2. The van der Waals surface area contributed by atoms with E-state index >= 15 is 0 Å². The fourth-order valence-electron chi connectivity index (χ4n) is 2.16. The molecule has 1 saturated heterocycles. The van der Waals surface area contributed by atoms with Gasteiger partial charge in [0.2, 0.25) is 0 Å². The van der Waals surface area contributed by atoms with Crippen LogP contribution >= 0.6 is 0 Å². The Morgan fingerprint density at radius 1 is 1.44 bits per heavy atom. The number of phenolic OH excluding ortho intramolecular Hbond substituents is 1. The predicted octanol–water partition coefficient (Wildman–Crippen LogP) is 2.35. The fraction of sp³-hybridized carbons (Fsp3) is 0.500. The summed E-state index contributed by atoms with van der Waals surface area (Å²) < 4.78 is 19.0. The smallest absolute Gasteiger partial charge is 0.173 e. The minimum Gasteiger partial charge on any atom is -0.505 e. The molecule has 2 rings (SSSR count). The van der Waals surface area contributed by atoms with Crippen LogP contribution in [0.25, 0.3) is 0 Å². The summed E-state index contributed by atoms with van der Waals surface area (Å²) in [5.74, 6) is -0.392. The van der Waals surface area contributed by atoms with E-state index in [-0.39, 0.29) is 11.8 Å². The monoisotopic (exact) mass is 225 g/mol. The van der Waals surface area contributed by atoms with Crippen molar-refractivity contribution in [2.24, 2.45) is 0 Å². The Bertz CT molecular complexity index is 376. The van der Waals surface area contributed by atoms with Crippen LogP contribution in [0.3, 0.4) is 0 Å². The summed E-state index contributed by atoms with van der Waals surface area (Å²) in [5, 5.41) is 12.6. The SMILES string of the molecule is COc1ccc(O)c(F)c1C1CCCCN1. The van der Waals surface area contributed by atoms with E-state index in [1.807, 2.05) is 0 Å². The lowest BCUT2D eigenvalue weighted by Crippen LogP contribution is -2.27. The van der Waals surface area contributed by atoms with Crippen molar-refractivity contribution < 1.29 is 14.2 Å². The van der Waals surface area contributed by atoms with Gasteiger partial charge in [-0.25, -0.2) is 4.39 Å². The third kappa shape index (κ3) is 1.97. The molecule has 88 valence electrons. The minimum absolute atomic E-state index is 0.0594. The topological polar surface area (TPSA) is 41.5 Å². The van der Waals surface area contributed by atoms with E-state index in [2.05, 4.69) is 5.32 Å². The van der Waals surface area contributed by atoms with Crippen molar-refractivity contribution in [3.05, 3.63) is 23.5 Å². The highest BCUT2D eigenvalue weighted by Gasteiger charge is 2.24. The van der Waals surface area contributed by atoms with Crippen molar-refractivity contribution in [2.75, 3.05) is 13.7 Å². The molecule has 3 nitrogen and oxygen atoms in total. The first-order valence-electron chi connectivity index (χ1n) is 5.52. The summed E-state index contributed by atoms with van der Waals surface area (Å²) in [5.41, 5.74) is 0.446. The minimum atomic E-state index is -0.571. The van der Waals surface area contributed by atoms with E-state index in [1.54, 1.807) is 6.07 Å². The molecule has 1 unspecified atom stereocenters. The zero-order valence-corrected chi connectivity index (χ0v) is 9.29. The number of nitrogens with one attached hydrogen (secondary N) is 1. The molecular formula is C12H16FNO2. The maximum Gasteiger partial charge on any atom is 0.173 e. The van der Waals surface area contributed by atoms with E-state index in [0.29, 0.717) is 11.3 Å². The molecule has 2 N–H and O–H groups in total. The van der Waals surface area contributed by atoms with Crippen LogP contribution in [0.4, 0.5) is 4.39 Å². The molecule has 1 aliphatic rings. The van der Waals surface area contributed by atoms with E-state index < -0.39 is 5.82 Å². The molecule has 0 aromatic heterocycles. The van der Waals surface area contributed by atoms with Crippen molar-refractivity contribution in [1.82, 2.24) is 5.32 Å². The first-order valence-corrected chi connectivity index (χ1v) is 5.52. The van der Waals surface area contributed by atoms with Gasteiger partial charge in [-0.05, 0) is 31.5 Å². The number of rotatable bonds is 2. The second kappa shape index (κ2) is 4.70. The third-order valence-electron chi connectivity index (χ3n) is 3.00. The highest BCUT2D eigenvalue weighted by molar-refractivity contribution is 5.43. The van der Waals surface area contributed by atoms with Crippen molar-refractivity contribution in [3.8, 4) is 11.5 Å². The number of benzene rings is 1. The quantitative estimate of drug-likeness (QED) is 0.811. The van der Waals surface area contributed by atoms with Crippen LogP contribution in [0, 0.1) is 5.82 Å². The number of ether oxygens (including phenoxy) is 1. The number of halogens is 1. The largest absolute Gasteiger partial charge is 0.505 e. The molecule has 0 radical (unpaired) electrons. The lowest BCUT2D eigenvalue weighted by Gasteiger charge is -2.25. The second-order valence-corrected chi connectivity index (χ2v) is 4.02. The van der Waals surface area contributed by atoms with Crippen LogP contribution in [0.15, 0.2) is 12.1 Å². The van der Waals surface area contributed by atoms with Crippen LogP contribution in [-0.4, -0.2) is 18.8 Å². The molecular weight excluding hydrogens is 209 g/mol. The number of phenols is 1. The third-order valence-corrected chi connectivity index (χ3v) is 3.00. The van der Waals surface area contributed by atoms with Gasteiger partial charge in [0, 0.05) is 6.04 Å². The lowest BCUT2D eigenvalue weighted by atomic mass is 9.96. The number of methoxy groups -OCH3 is 1. The van der Waals surface area contributed by atoms with Gasteiger partial charge in [-0.3, -0.25) is 0 Å². The van der Waals surface area contributed by atoms with Gasteiger partial charge in [0.05, 0.1) is 12.7 Å². The van der Waals surface area contributed by atoms with Gasteiger partial charge < -0.3 is 15.2 Å². The average molecular weight is 225 g/mol. The van der Waals surface area contributed by atoms with Gasteiger partial charge >= 0.3 is 0 Å². The van der Waals surface area contributed by atoms with Crippen LogP contribution in [0.5, 0.6) is 11.5 Å². The van der Waals surface area contributed by atoms with Crippen LogP contribution in [-0.2, 0) is 0 Å². The molecule has 1 aromatic carbocycles. The molecule has 1 atom stereocenters. The number of hydrogen-bond donors (Lipinski definition) is 2. The standard InChI is InChI=1S/C12H16FNO2/c1-16-10-6-5-9(15)12(13)11(10)8-4-2-3-7-14-8/h5-6,8,14-15H,2-4,7H2,1H3. The van der Waals surface area contributed by atoms with Gasteiger partial charge in [0.1, 0.15) is 5.75 Å². The Morgan fingerprint density at radius 2 is 2.25 bits per heavy atom. The zero-order valence-electron chi connectivity index (χ0n) is 9.29. The molecule has 0 aliphatic carbocycles. The Labute approximate surface area is 94.2 Å². The van der Waals surface area contributed by atoms with E-state index in [9.17, 15) is 9.50 Å². The van der Waals surface area contributed by atoms with Crippen molar-refractivity contribution in [2.45, 2.75) is 25.3 Å². The van der Waals surface area contributed by atoms with Gasteiger partial charge in [-0.2, -0.15) is 0 Å².